The number of urea groups is 1. The van der Waals surface area contributed by atoms with Crippen LogP contribution in [0.2, 0.25) is 0 Å². The Hall–Kier alpha value is -1.62. The molecule has 5 heteroatoms. The zero-order valence-electron chi connectivity index (χ0n) is 10.2. The van der Waals surface area contributed by atoms with E-state index < -0.39 is 0 Å². The number of anilines is 1. The van der Waals surface area contributed by atoms with Gasteiger partial charge in [0.05, 0.1) is 0 Å². The lowest BCUT2D eigenvalue weighted by Gasteiger charge is -2.22. The molecule has 2 amide bonds. The highest BCUT2D eigenvalue weighted by atomic mass is 19.1. The molecule has 0 heterocycles. The summed E-state index contributed by atoms with van der Waals surface area (Å²) in [4.78, 5) is 13.9. The van der Waals surface area contributed by atoms with Crippen molar-refractivity contribution in [1.29, 1.82) is 0 Å². The third-order valence-electron chi connectivity index (χ3n) is 2.93. The predicted octanol–water partition coefficient (Wildman–Crippen LogP) is 2.17. The van der Waals surface area contributed by atoms with Crippen molar-refractivity contribution in [1.82, 2.24) is 4.90 Å². The van der Waals surface area contributed by atoms with Crippen molar-refractivity contribution in [3.8, 4) is 0 Å². The van der Waals surface area contributed by atoms with Gasteiger partial charge in [-0.2, -0.15) is 0 Å². The first-order valence-corrected chi connectivity index (χ1v) is 6.24. The Labute approximate surface area is 106 Å². The lowest BCUT2D eigenvalue weighted by molar-refractivity contribution is 0.208. The van der Waals surface area contributed by atoms with Crippen molar-refractivity contribution in [3.63, 3.8) is 0 Å². The van der Waals surface area contributed by atoms with Crippen molar-refractivity contribution in [2.45, 2.75) is 25.3 Å². The number of hydrogen-bond acceptors (Lipinski definition) is 2. The van der Waals surface area contributed by atoms with E-state index in [1.54, 1.807) is 17.0 Å². The Morgan fingerprint density at radius 2 is 2.28 bits per heavy atom. The smallest absolute Gasteiger partial charge is 0.322 e. The zero-order valence-corrected chi connectivity index (χ0v) is 10.2. The predicted molar refractivity (Wildman–Crippen MR) is 68.8 cm³/mol. The fourth-order valence-electron chi connectivity index (χ4n) is 1.86. The minimum absolute atomic E-state index is 0.170. The molecule has 0 saturated heterocycles. The van der Waals surface area contributed by atoms with Crippen LogP contribution in [-0.4, -0.2) is 30.1 Å². The van der Waals surface area contributed by atoms with Crippen molar-refractivity contribution in [2.24, 2.45) is 5.73 Å². The SMILES string of the molecule is NCCCN(C(=O)Nc1cccc(F)c1)C1CC1. The molecule has 0 spiro atoms. The van der Waals surface area contributed by atoms with E-state index in [1.807, 2.05) is 0 Å². The van der Waals surface area contributed by atoms with E-state index in [2.05, 4.69) is 5.32 Å². The number of nitrogens with zero attached hydrogens (tertiary/aromatic N) is 1. The standard InChI is InChI=1S/C13H18FN3O/c14-10-3-1-4-11(9-10)16-13(18)17(8-2-7-15)12-5-6-12/h1,3-4,9,12H,2,5-8,15H2,(H,16,18). The van der Waals surface area contributed by atoms with E-state index in [9.17, 15) is 9.18 Å². The molecular formula is C13H18FN3O. The number of halogens is 1. The second-order valence-corrected chi connectivity index (χ2v) is 4.51. The molecule has 1 aliphatic carbocycles. The zero-order chi connectivity index (χ0) is 13.0. The Kier molecular flexibility index (Phi) is 4.15. The number of rotatable bonds is 5. The van der Waals surface area contributed by atoms with Gasteiger partial charge >= 0.3 is 6.03 Å². The maximum absolute atomic E-state index is 13.0. The molecule has 98 valence electrons. The van der Waals surface area contributed by atoms with Gasteiger partial charge in [0.15, 0.2) is 0 Å². The molecule has 0 aromatic heterocycles. The van der Waals surface area contributed by atoms with E-state index in [4.69, 9.17) is 5.73 Å². The van der Waals surface area contributed by atoms with Crippen LogP contribution < -0.4 is 11.1 Å². The van der Waals surface area contributed by atoms with Gasteiger partial charge < -0.3 is 16.0 Å². The Bertz CT molecular complexity index is 420. The van der Waals surface area contributed by atoms with Crippen LogP contribution in [0.25, 0.3) is 0 Å². The van der Waals surface area contributed by atoms with Crippen LogP contribution in [0.5, 0.6) is 0 Å². The molecular weight excluding hydrogens is 233 g/mol. The lowest BCUT2D eigenvalue weighted by Crippen LogP contribution is -2.38. The lowest BCUT2D eigenvalue weighted by atomic mass is 10.3. The highest BCUT2D eigenvalue weighted by molar-refractivity contribution is 5.89. The largest absolute Gasteiger partial charge is 0.330 e. The number of carbonyl (C=O) groups excluding carboxylic acids is 1. The first-order chi connectivity index (χ1) is 8.70. The minimum Gasteiger partial charge on any atom is -0.330 e. The molecule has 0 radical (unpaired) electrons. The van der Waals surface area contributed by atoms with Crippen LogP contribution >= 0.6 is 0 Å². The van der Waals surface area contributed by atoms with Gasteiger partial charge in [0.25, 0.3) is 0 Å². The molecule has 3 N–H and O–H groups in total. The van der Waals surface area contributed by atoms with Gasteiger partial charge in [-0.1, -0.05) is 6.07 Å². The van der Waals surface area contributed by atoms with E-state index in [1.165, 1.54) is 12.1 Å². The number of benzene rings is 1. The van der Waals surface area contributed by atoms with Crippen LogP contribution in [0.3, 0.4) is 0 Å². The summed E-state index contributed by atoms with van der Waals surface area (Å²) in [5.41, 5.74) is 5.95. The van der Waals surface area contributed by atoms with Gasteiger partial charge in [-0.05, 0) is 44.0 Å². The molecule has 1 saturated carbocycles. The summed E-state index contributed by atoms with van der Waals surface area (Å²) < 4.78 is 13.0. The summed E-state index contributed by atoms with van der Waals surface area (Å²) in [6, 6.07) is 6.07. The van der Waals surface area contributed by atoms with Gasteiger partial charge in [-0.25, -0.2) is 9.18 Å². The number of carbonyl (C=O) groups is 1. The first-order valence-electron chi connectivity index (χ1n) is 6.24. The average molecular weight is 251 g/mol. The molecule has 18 heavy (non-hydrogen) atoms. The summed E-state index contributed by atoms with van der Waals surface area (Å²) >= 11 is 0. The fraction of sp³-hybridized carbons (Fsp3) is 0.462. The Morgan fingerprint density at radius 1 is 1.50 bits per heavy atom. The molecule has 1 aliphatic rings. The van der Waals surface area contributed by atoms with Crippen LogP contribution in [0.4, 0.5) is 14.9 Å². The first kappa shape index (κ1) is 12.8. The quantitative estimate of drug-likeness (QED) is 0.842. The van der Waals surface area contributed by atoms with Crippen LogP contribution in [0, 0.1) is 5.82 Å². The number of nitrogens with two attached hydrogens (primary N) is 1. The maximum Gasteiger partial charge on any atom is 0.322 e. The van der Waals surface area contributed by atoms with E-state index >= 15 is 0 Å². The highest BCUT2D eigenvalue weighted by Gasteiger charge is 2.32. The molecule has 2 rings (SSSR count). The molecule has 0 bridgehead atoms. The van der Waals surface area contributed by atoms with E-state index in [0.29, 0.717) is 24.8 Å². The van der Waals surface area contributed by atoms with Gasteiger partial charge in [-0.15, -0.1) is 0 Å². The summed E-state index contributed by atoms with van der Waals surface area (Å²) in [7, 11) is 0. The van der Waals surface area contributed by atoms with Crippen molar-refractivity contribution in [2.75, 3.05) is 18.4 Å². The van der Waals surface area contributed by atoms with Crippen LogP contribution in [0.15, 0.2) is 24.3 Å². The number of amides is 2. The minimum atomic E-state index is -0.354. The third-order valence-corrected chi connectivity index (χ3v) is 2.93. The third kappa shape index (κ3) is 3.43. The molecule has 1 aromatic carbocycles. The summed E-state index contributed by atoms with van der Waals surface area (Å²) in [5, 5.41) is 2.72. The second kappa shape index (κ2) is 5.82. The van der Waals surface area contributed by atoms with Crippen molar-refractivity contribution in [3.05, 3.63) is 30.1 Å². The fourth-order valence-corrected chi connectivity index (χ4v) is 1.86. The molecule has 1 aromatic rings. The summed E-state index contributed by atoms with van der Waals surface area (Å²) in [6.45, 7) is 1.22. The average Bonchev–Trinajstić information content (AvgIpc) is 3.14. The number of nitrogens with one attached hydrogen (secondary N) is 1. The van der Waals surface area contributed by atoms with E-state index in [0.717, 1.165) is 19.3 Å². The van der Waals surface area contributed by atoms with Gasteiger partial charge in [0, 0.05) is 18.3 Å². The van der Waals surface area contributed by atoms with Crippen LogP contribution in [0.1, 0.15) is 19.3 Å². The summed E-state index contributed by atoms with van der Waals surface area (Å²) in [5.74, 6) is -0.354. The molecule has 0 aliphatic heterocycles. The van der Waals surface area contributed by atoms with Gasteiger partial charge in [-0.3, -0.25) is 0 Å². The topological polar surface area (TPSA) is 58.4 Å². The molecule has 0 unspecified atom stereocenters. The molecule has 4 nitrogen and oxygen atoms in total. The van der Waals surface area contributed by atoms with Crippen molar-refractivity contribution >= 4 is 11.7 Å². The number of hydrogen-bond donors (Lipinski definition) is 2. The second-order valence-electron chi connectivity index (χ2n) is 4.51. The van der Waals surface area contributed by atoms with Crippen LogP contribution in [-0.2, 0) is 0 Å². The Balaban J connectivity index is 1.96. The van der Waals surface area contributed by atoms with Gasteiger partial charge in [0.2, 0.25) is 0 Å². The Morgan fingerprint density at radius 3 is 2.89 bits per heavy atom. The maximum atomic E-state index is 13.0. The summed E-state index contributed by atoms with van der Waals surface area (Å²) in [6.07, 6.45) is 2.87. The molecule has 0 atom stereocenters. The van der Waals surface area contributed by atoms with Gasteiger partial charge in [0.1, 0.15) is 5.82 Å². The molecule has 1 fully saturated rings. The van der Waals surface area contributed by atoms with E-state index in [-0.39, 0.29) is 11.8 Å². The normalized spacial score (nSPS) is 14.3. The highest BCUT2D eigenvalue weighted by Crippen LogP contribution is 2.27. The van der Waals surface area contributed by atoms with Crippen molar-refractivity contribution < 1.29 is 9.18 Å². The monoisotopic (exact) mass is 251 g/mol.